The maximum absolute atomic E-state index is 13.0. The zero-order valence-corrected chi connectivity index (χ0v) is 18.2. The van der Waals surface area contributed by atoms with Crippen molar-refractivity contribution in [1.82, 2.24) is 5.32 Å². The Morgan fingerprint density at radius 1 is 1.00 bits per heavy atom. The highest BCUT2D eigenvalue weighted by atomic mass is 19.1. The van der Waals surface area contributed by atoms with Crippen LogP contribution in [0.15, 0.2) is 94.2 Å². The van der Waals surface area contributed by atoms with Gasteiger partial charge in [0.05, 0.1) is 6.04 Å². The van der Waals surface area contributed by atoms with Crippen molar-refractivity contribution in [2.45, 2.75) is 13.0 Å². The number of esters is 1. The molecule has 0 saturated carbocycles. The third kappa shape index (κ3) is 5.45. The number of rotatable bonds is 6. The molecule has 0 saturated heterocycles. The summed E-state index contributed by atoms with van der Waals surface area (Å²) >= 11 is 0. The van der Waals surface area contributed by atoms with E-state index in [1.807, 2.05) is 37.3 Å². The molecule has 0 fully saturated rings. The van der Waals surface area contributed by atoms with Gasteiger partial charge in [-0.15, -0.1) is 0 Å². The molecule has 4 rings (SSSR count). The van der Waals surface area contributed by atoms with E-state index in [-0.39, 0.29) is 28.8 Å². The van der Waals surface area contributed by atoms with Crippen molar-refractivity contribution in [1.29, 1.82) is 0 Å². The molecule has 1 aromatic heterocycles. The fraction of sp³-hybridized carbons (Fsp3) is 0.0741. The van der Waals surface area contributed by atoms with E-state index in [2.05, 4.69) is 5.32 Å². The molecule has 4 aromatic rings. The van der Waals surface area contributed by atoms with Crippen LogP contribution in [0.3, 0.4) is 0 Å². The summed E-state index contributed by atoms with van der Waals surface area (Å²) in [5, 5.41) is 3.29. The summed E-state index contributed by atoms with van der Waals surface area (Å²) in [6.07, 6.45) is 2.69. The molecule has 0 aliphatic rings. The molecule has 0 aliphatic heterocycles. The molecule has 1 amide bonds. The lowest BCUT2D eigenvalue weighted by Crippen LogP contribution is -2.30. The standard InChI is InChI=1S/C27H20FNO5/c1-17(19-5-3-2-4-6-19)29-26(31)23-15-20-10-13-22(16-24(20)34-27(23)32)33-25(30)14-9-18-7-11-21(28)12-8-18/h2-17H,1H3,(H,29,31)/b14-9+. The first-order chi connectivity index (χ1) is 16.4. The fourth-order valence-electron chi connectivity index (χ4n) is 3.30. The van der Waals surface area contributed by atoms with Gasteiger partial charge in [-0.1, -0.05) is 42.5 Å². The molecule has 1 atom stereocenters. The molecule has 3 aromatic carbocycles. The van der Waals surface area contributed by atoms with Gasteiger partial charge in [0.15, 0.2) is 0 Å². The van der Waals surface area contributed by atoms with Crippen LogP contribution in [-0.4, -0.2) is 11.9 Å². The molecule has 7 heteroatoms. The van der Waals surface area contributed by atoms with E-state index < -0.39 is 17.5 Å². The van der Waals surface area contributed by atoms with E-state index >= 15 is 0 Å². The number of benzene rings is 3. The van der Waals surface area contributed by atoms with Crippen molar-refractivity contribution in [3.8, 4) is 5.75 Å². The summed E-state index contributed by atoms with van der Waals surface area (Å²) in [7, 11) is 0. The average molecular weight is 457 g/mol. The van der Waals surface area contributed by atoms with Crippen LogP contribution in [0.2, 0.25) is 0 Å². The van der Waals surface area contributed by atoms with Gasteiger partial charge in [-0.3, -0.25) is 4.79 Å². The molecular formula is C27H20FNO5. The van der Waals surface area contributed by atoms with Crippen molar-refractivity contribution in [3.05, 3.63) is 118 Å². The van der Waals surface area contributed by atoms with Crippen molar-refractivity contribution < 1.29 is 23.1 Å². The van der Waals surface area contributed by atoms with Crippen molar-refractivity contribution in [3.63, 3.8) is 0 Å². The van der Waals surface area contributed by atoms with E-state index in [0.717, 1.165) is 5.56 Å². The first kappa shape index (κ1) is 22.7. The van der Waals surface area contributed by atoms with E-state index in [1.165, 1.54) is 54.6 Å². The van der Waals surface area contributed by atoms with Crippen LogP contribution in [0.5, 0.6) is 5.75 Å². The van der Waals surface area contributed by atoms with Crippen LogP contribution >= 0.6 is 0 Å². The molecular weight excluding hydrogens is 437 g/mol. The van der Waals surface area contributed by atoms with Gasteiger partial charge in [-0.2, -0.15) is 0 Å². The number of halogens is 1. The third-order valence-corrected chi connectivity index (χ3v) is 5.10. The topological polar surface area (TPSA) is 85.6 Å². The Kier molecular flexibility index (Phi) is 6.64. The van der Waals surface area contributed by atoms with Crippen LogP contribution < -0.4 is 15.7 Å². The van der Waals surface area contributed by atoms with Gasteiger partial charge >= 0.3 is 11.6 Å². The molecule has 34 heavy (non-hydrogen) atoms. The molecule has 0 radical (unpaired) electrons. The number of amides is 1. The highest BCUT2D eigenvalue weighted by molar-refractivity contribution is 5.97. The van der Waals surface area contributed by atoms with E-state index in [1.54, 1.807) is 6.07 Å². The number of carbonyl (C=O) groups is 2. The fourth-order valence-corrected chi connectivity index (χ4v) is 3.30. The quantitative estimate of drug-likeness (QED) is 0.190. The second-order valence-corrected chi connectivity index (χ2v) is 7.56. The zero-order valence-electron chi connectivity index (χ0n) is 18.2. The third-order valence-electron chi connectivity index (χ3n) is 5.10. The summed E-state index contributed by atoms with van der Waals surface area (Å²) in [6.45, 7) is 1.82. The molecule has 1 heterocycles. The number of hydrogen-bond acceptors (Lipinski definition) is 5. The predicted molar refractivity (Wildman–Crippen MR) is 126 cm³/mol. The predicted octanol–water partition coefficient (Wildman–Crippen LogP) is 5.04. The minimum absolute atomic E-state index is 0.123. The lowest BCUT2D eigenvalue weighted by Gasteiger charge is -2.14. The SMILES string of the molecule is CC(NC(=O)c1cc2ccc(OC(=O)/C=C/c3ccc(F)cc3)cc2oc1=O)c1ccccc1. The number of fused-ring (bicyclic) bond motifs is 1. The van der Waals surface area contributed by atoms with Crippen molar-refractivity contribution >= 4 is 28.9 Å². The first-order valence-electron chi connectivity index (χ1n) is 10.5. The maximum Gasteiger partial charge on any atom is 0.349 e. The molecule has 6 nitrogen and oxygen atoms in total. The van der Waals surface area contributed by atoms with Crippen molar-refractivity contribution in [2.24, 2.45) is 0 Å². The van der Waals surface area contributed by atoms with Gasteiger partial charge in [0.25, 0.3) is 5.91 Å². The molecule has 0 spiro atoms. The monoisotopic (exact) mass is 457 g/mol. The minimum Gasteiger partial charge on any atom is -0.423 e. The smallest absolute Gasteiger partial charge is 0.349 e. The number of ether oxygens (including phenoxy) is 1. The Balaban J connectivity index is 1.47. The van der Waals surface area contributed by atoms with Gasteiger partial charge in [0, 0.05) is 17.5 Å². The van der Waals surface area contributed by atoms with Crippen LogP contribution in [0.1, 0.15) is 34.5 Å². The first-order valence-corrected chi connectivity index (χ1v) is 10.5. The van der Waals surface area contributed by atoms with Gasteiger partial charge in [0.2, 0.25) is 0 Å². The van der Waals surface area contributed by atoms with Gasteiger partial charge in [0.1, 0.15) is 22.7 Å². The Bertz CT molecular complexity index is 1430. The molecule has 170 valence electrons. The van der Waals surface area contributed by atoms with Crippen LogP contribution in [0.25, 0.3) is 17.0 Å². The van der Waals surface area contributed by atoms with Crippen LogP contribution in [0, 0.1) is 5.82 Å². The minimum atomic E-state index is -0.801. The van der Waals surface area contributed by atoms with E-state index in [0.29, 0.717) is 10.9 Å². The largest absolute Gasteiger partial charge is 0.423 e. The molecule has 0 aliphatic carbocycles. The summed E-state index contributed by atoms with van der Waals surface area (Å²) in [5.74, 6) is -1.41. The number of carbonyl (C=O) groups excluding carboxylic acids is 2. The second-order valence-electron chi connectivity index (χ2n) is 7.56. The number of hydrogen-bond donors (Lipinski definition) is 1. The Morgan fingerprint density at radius 3 is 2.47 bits per heavy atom. The number of nitrogens with one attached hydrogen (secondary N) is 1. The Morgan fingerprint density at radius 2 is 1.74 bits per heavy atom. The molecule has 0 bridgehead atoms. The summed E-state index contributed by atoms with van der Waals surface area (Å²) in [4.78, 5) is 37.2. The van der Waals surface area contributed by atoms with Gasteiger partial charge in [-0.05, 0) is 54.5 Å². The lowest BCUT2D eigenvalue weighted by atomic mass is 10.1. The summed E-state index contributed by atoms with van der Waals surface area (Å²) < 4.78 is 23.5. The lowest BCUT2D eigenvalue weighted by molar-refractivity contribution is -0.128. The van der Waals surface area contributed by atoms with Crippen LogP contribution in [-0.2, 0) is 4.79 Å². The van der Waals surface area contributed by atoms with Gasteiger partial charge < -0.3 is 14.5 Å². The molecule has 1 N–H and O–H groups in total. The van der Waals surface area contributed by atoms with Gasteiger partial charge in [-0.25, -0.2) is 14.0 Å². The highest BCUT2D eigenvalue weighted by Crippen LogP contribution is 2.21. The normalized spacial score (nSPS) is 11.9. The highest BCUT2D eigenvalue weighted by Gasteiger charge is 2.17. The van der Waals surface area contributed by atoms with Crippen LogP contribution in [0.4, 0.5) is 4.39 Å². The average Bonchev–Trinajstić information content (AvgIpc) is 2.83. The Labute approximate surface area is 194 Å². The Hall–Kier alpha value is -4.52. The van der Waals surface area contributed by atoms with Crippen molar-refractivity contribution in [2.75, 3.05) is 0 Å². The van der Waals surface area contributed by atoms with E-state index in [9.17, 15) is 18.8 Å². The second kappa shape index (κ2) is 9.95. The summed E-state index contributed by atoms with van der Waals surface area (Å²) in [6, 6.07) is 20.6. The zero-order chi connectivity index (χ0) is 24.1. The van der Waals surface area contributed by atoms with E-state index in [4.69, 9.17) is 9.15 Å². The summed E-state index contributed by atoms with van der Waals surface area (Å²) in [5.41, 5.74) is 0.786. The maximum atomic E-state index is 13.0. The molecule has 1 unspecified atom stereocenters.